The zero-order valence-corrected chi connectivity index (χ0v) is 24.3. The summed E-state index contributed by atoms with van der Waals surface area (Å²) >= 11 is 3.07. The number of nitrogens with two attached hydrogens (primary N) is 1. The van der Waals surface area contributed by atoms with Crippen molar-refractivity contribution >= 4 is 55.8 Å². The van der Waals surface area contributed by atoms with E-state index in [0.29, 0.717) is 40.2 Å². The van der Waals surface area contributed by atoms with E-state index in [4.69, 9.17) is 5.73 Å². The molecule has 6 rings (SSSR count). The number of hydrogen-bond donors (Lipinski definition) is 1. The minimum atomic E-state index is -0.536. The van der Waals surface area contributed by atoms with Crippen molar-refractivity contribution in [2.75, 3.05) is 4.90 Å². The molecule has 3 heterocycles. The molecule has 0 amide bonds. The molecule has 0 bridgehead atoms. The number of carbonyl (C=O) groups excluding carboxylic acids is 1. The molecule has 0 unspecified atom stereocenters. The fourth-order valence-corrected chi connectivity index (χ4v) is 8.07. The number of aromatic nitrogens is 3. The number of hydrogen-bond acceptors (Lipinski definition) is 8. The smallest absolute Gasteiger partial charge is 0.219 e. The number of rotatable bonds is 4. The van der Waals surface area contributed by atoms with Gasteiger partial charge < -0.3 is 10.3 Å². The number of allylic oxidation sites excluding steroid dienone is 3. The number of fused-ring (bicyclic) bond motifs is 3. The Bertz CT molecular complexity index is 1770. The molecule has 0 saturated carbocycles. The van der Waals surface area contributed by atoms with Crippen LogP contribution in [0.15, 0.2) is 69.5 Å². The number of Topliss-reactive ketones (excluding diaryl/α,β-unsaturated/α-hetero) is 1. The first-order chi connectivity index (χ1) is 18.6. The van der Waals surface area contributed by atoms with Crippen molar-refractivity contribution in [1.82, 2.24) is 14.8 Å². The van der Waals surface area contributed by atoms with Crippen molar-refractivity contribution in [3.63, 3.8) is 0 Å². The molecular weight excluding hydrogens is 525 g/mol. The first-order valence-electron chi connectivity index (χ1n) is 13.0. The third kappa shape index (κ3) is 4.14. The van der Waals surface area contributed by atoms with Crippen LogP contribution >= 0.6 is 23.1 Å². The second kappa shape index (κ2) is 9.25. The Morgan fingerprint density at radius 3 is 2.62 bits per heavy atom. The quantitative estimate of drug-likeness (QED) is 0.283. The van der Waals surface area contributed by atoms with Gasteiger partial charge in [0.15, 0.2) is 10.1 Å². The Balaban J connectivity index is 1.58. The molecule has 1 atom stereocenters. The molecule has 2 aromatic heterocycles. The van der Waals surface area contributed by atoms with Crippen LogP contribution in [-0.2, 0) is 11.8 Å². The van der Waals surface area contributed by atoms with Crippen LogP contribution in [0.4, 0.5) is 5.13 Å². The van der Waals surface area contributed by atoms with Crippen molar-refractivity contribution < 1.29 is 4.79 Å². The zero-order valence-electron chi connectivity index (χ0n) is 22.6. The lowest BCUT2D eigenvalue weighted by atomic mass is 9.68. The van der Waals surface area contributed by atoms with E-state index in [1.807, 2.05) is 23.1 Å². The van der Waals surface area contributed by atoms with E-state index < -0.39 is 5.92 Å². The predicted molar refractivity (Wildman–Crippen MR) is 158 cm³/mol. The molecule has 2 aliphatic rings. The molecular formula is C30H30N6OS2. The topological polar surface area (TPSA) is 101 Å². The average Bonchev–Trinajstić information content (AvgIpc) is 3.44. The number of nitrogens with zero attached hydrogens (tertiary/aromatic N) is 5. The van der Waals surface area contributed by atoms with Crippen molar-refractivity contribution in [2.24, 2.45) is 18.2 Å². The van der Waals surface area contributed by atoms with Gasteiger partial charge in [-0.25, -0.2) is 0 Å². The molecule has 4 aromatic rings. The predicted octanol–water partition coefficient (Wildman–Crippen LogP) is 6.62. The molecule has 2 N–H and O–H groups in total. The number of anilines is 1. The maximum absolute atomic E-state index is 13.9. The molecule has 1 aliphatic carbocycles. The van der Waals surface area contributed by atoms with Gasteiger partial charge in [0.05, 0.1) is 17.6 Å². The van der Waals surface area contributed by atoms with Crippen LogP contribution in [-0.4, -0.2) is 25.8 Å². The Labute approximate surface area is 236 Å². The fourth-order valence-electron chi connectivity index (χ4n) is 5.97. The highest BCUT2D eigenvalue weighted by Crippen LogP contribution is 2.51. The number of carbonyl (C=O) groups is 1. The summed E-state index contributed by atoms with van der Waals surface area (Å²) in [6.45, 7) is 8.41. The van der Waals surface area contributed by atoms with Gasteiger partial charge in [0, 0.05) is 51.8 Å². The second-order valence-corrected chi connectivity index (χ2v) is 14.1. The summed E-state index contributed by atoms with van der Waals surface area (Å²) < 4.78 is 3.01. The number of thioether (sulfide) groups is 1. The highest BCUT2D eigenvalue weighted by atomic mass is 32.2. The van der Waals surface area contributed by atoms with Crippen molar-refractivity contribution in [1.29, 1.82) is 5.26 Å². The number of nitriles is 1. The van der Waals surface area contributed by atoms with Gasteiger partial charge in [0.1, 0.15) is 5.82 Å². The molecule has 0 spiro atoms. The van der Waals surface area contributed by atoms with Crippen LogP contribution in [0.25, 0.3) is 21.8 Å². The third-order valence-corrected chi connectivity index (χ3v) is 9.57. The number of para-hydroxylation sites is 1. The molecule has 2 aromatic carbocycles. The highest BCUT2D eigenvalue weighted by molar-refractivity contribution is 8.01. The lowest BCUT2D eigenvalue weighted by Crippen LogP contribution is -2.42. The van der Waals surface area contributed by atoms with Gasteiger partial charge in [-0.3, -0.25) is 9.69 Å². The van der Waals surface area contributed by atoms with Gasteiger partial charge in [-0.2, -0.15) is 5.26 Å². The van der Waals surface area contributed by atoms with Crippen LogP contribution in [0, 0.1) is 16.7 Å². The Morgan fingerprint density at radius 2 is 1.87 bits per heavy atom. The molecule has 7 nitrogen and oxygen atoms in total. The second-order valence-electron chi connectivity index (χ2n) is 11.4. The Hall–Kier alpha value is -3.61. The van der Waals surface area contributed by atoms with Gasteiger partial charge >= 0.3 is 0 Å². The molecule has 0 fully saturated rings. The van der Waals surface area contributed by atoms with E-state index in [0.717, 1.165) is 37.4 Å². The lowest BCUT2D eigenvalue weighted by Gasteiger charge is -2.42. The monoisotopic (exact) mass is 554 g/mol. The molecule has 0 saturated heterocycles. The summed E-state index contributed by atoms with van der Waals surface area (Å²) in [7, 11) is 2.06. The van der Waals surface area contributed by atoms with E-state index in [2.05, 4.69) is 79.8 Å². The SMILES string of the molecule is CC(C)Sc1nnc(N2C(N)=C(C#N)[C@H](c3ccc4c(c3)c3ccccc3n4C)C3=C2CC(C)(C)CC3=O)s1. The van der Waals surface area contributed by atoms with Crippen molar-refractivity contribution in [3.05, 3.63) is 70.7 Å². The van der Waals surface area contributed by atoms with E-state index in [1.54, 1.807) is 11.8 Å². The first kappa shape index (κ1) is 25.7. The van der Waals surface area contributed by atoms with Crippen LogP contribution in [0.2, 0.25) is 0 Å². The lowest BCUT2D eigenvalue weighted by molar-refractivity contribution is -0.118. The zero-order chi connectivity index (χ0) is 27.6. The van der Waals surface area contributed by atoms with Crippen LogP contribution in [0.3, 0.4) is 0 Å². The van der Waals surface area contributed by atoms with Crippen molar-refractivity contribution in [3.8, 4) is 6.07 Å². The molecule has 39 heavy (non-hydrogen) atoms. The van der Waals surface area contributed by atoms with Gasteiger partial charge in [0.2, 0.25) is 5.13 Å². The van der Waals surface area contributed by atoms with Gasteiger partial charge in [-0.05, 0) is 35.6 Å². The Morgan fingerprint density at radius 1 is 1.13 bits per heavy atom. The minimum Gasteiger partial charge on any atom is -0.384 e. The molecule has 1 aliphatic heterocycles. The number of ketones is 1. The van der Waals surface area contributed by atoms with E-state index in [1.165, 1.54) is 11.3 Å². The number of benzene rings is 2. The van der Waals surface area contributed by atoms with E-state index >= 15 is 0 Å². The van der Waals surface area contributed by atoms with Crippen LogP contribution in [0.1, 0.15) is 52.0 Å². The van der Waals surface area contributed by atoms with Gasteiger partial charge in [-0.15, -0.1) is 10.2 Å². The minimum absolute atomic E-state index is 0.0517. The van der Waals surface area contributed by atoms with E-state index in [9.17, 15) is 10.1 Å². The molecule has 198 valence electrons. The summed E-state index contributed by atoms with van der Waals surface area (Å²) in [5.41, 5.74) is 11.5. The average molecular weight is 555 g/mol. The summed E-state index contributed by atoms with van der Waals surface area (Å²) in [4.78, 5) is 15.7. The van der Waals surface area contributed by atoms with Crippen LogP contribution < -0.4 is 10.6 Å². The fraction of sp³-hybridized carbons (Fsp3) is 0.333. The standard InChI is InChI=1S/C30H30N6OS2/c1-16(2)38-29-34-33-28(39-29)36-23-13-30(3,4)14-24(37)26(23)25(20(15-31)27(36)32)17-10-11-22-19(12-17)18-8-6-7-9-21(18)35(22)5/h6-12,16,25H,13-14,32H2,1-5H3/t25-/m0/s1. The summed E-state index contributed by atoms with van der Waals surface area (Å²) in [6.07, 6.45) is 1.06. The maximum atomic E-state index is 13.9. The van der Waals surface area contributed by atoms with Crippen LogP contribution in [0.5, 0.6) is 0 Å². The summed E-state index contributed by atoms with van der Waals surface area (Å²) in [6, 6.07) is 16.9. The largest absolute Gasteiger partial charge is 0.384 e. The van der Waals surface area contributed by atoms with Crippen molar-refractivity contribution in [2.45, 2.75) is 56.0 Å². The molecule has 0 radical (unpaired) electrons. The van der Waals surface area contributed by atoms with E-state index in [-0.39, 0.29) is 11.2 Å². The third-order valence-electron chi connectivity index (χ3n) is 7.58. The summed E-state index contributed by atoms with van der Waals surface area (Å²) in [5, 5.41) is 22.5. The Kier molecular flexibility index (Phi) is 6.08. The number of aryl methyl sites for hydroxylation is 1. The maximum Gasteiger partial charge on any atom is 0.219 e. The first-order valence-corrected chi connectivity index (χ1v) is 14.7. The summed E-state index contributed by atoms with van der Waals surface area (Å²) in [5.74, 6) is -0.163. The normalized spacial score (nSPS) is 19.4. The van der Waals surface area contributed by atoms with Gasteiger partial charge in [-0.1, -0.05) is 75.1 Å². The highest BCUT2D eigenvalue weighted by Gasteiger charge is 2.45. The van der Waals surface area contributed by atoms with Gasteiger partial charge in [0.25, 0.3) is 0 Å². The molecule has 9 heteroatoms.